The number of alkyl halides is 1. The Hall–Kier alpha value is -0.450. The average Bonchev–Trinajstić information content (AvgIpc) is 2.84. The fourth-order valence-electron chi connectivity index (χ4n) is 2.39. The summed E-state index contributed by atoms with van der Waals surface area (Å²) in [6.45, 7) is 2.78. The monoisotopic (exact) mass is 348 g/mol. The zero-order valence-electron chi connectivity index (χ0n) is 11.3. The van der Waals surface area contributed by atoms with Crippen molar-refractivity contribution >= 4 is 27.5 Å². The Morgan fingerprint density at radius 2 is 1.95 bits per heavy atom. The summed E-state index contributed by atoms with van der Waals surface area (Å²) in [5, 5.41) is -0.0980. The van der Waals surface area contributed by atoms with Gasteiger partial charge in [0.15, 0.2) is 11.5 Å². The second-order valence-corrected chi connectivity index (χ2v) is 6.09. The smallest absolute Gasteiger partial charge is 0.161 e. The molecule has 1 aromatic carbocycles. The molecule has 0 radical (unpaired) electrons. The highest BCUT2D eigenvalue weighted by Crippen LogP contribution is 2.43. The molecule has 1 heterocycles. The summed E-state index contributed by atoms with van der Waals surface area (Å²) in [6, 6.07) is 3.83. The third-order valence-electron chi connectivity index (χ3n) is 3.44. The predicted octanol–water partition coefficient (Wildman–Crippen LogP) is 4.17. The molecule has 0 amide bonds. The molecule has 1 aromatic rings. The zero-order valence-corrected chi connectivity index (χ0v) is 13.6. The first-order valence-electron chi connectivity index (χ1n) is 6.24. The highest BCUT2D eigenvalue weighted by Gasteiger charge is 2.31. The van der Waals surface area contributed by atoms with E-state index >= 15 is 0 Å². The van der Waals surface area contributed by atoms with Gasteiger partial charge in [0.2, 0.25) is 0 Å². The molecule has 0 spiro atoms. The molecule has 5 heteroatoms. The summed E-state index contributed by atoms with van der Waals surface area (Å²) in [5.41, 5.74) is 1.02. The van der Waals surface area contributed by atoms with E-state index in [9.17, 15) is 0 Å². The van der Waals surface area contributed by atoms with Crippen molar-refractivity contribution in [1.29, 1.82) is 0 Å². The first-order valence-corrected chi connectivity index (χ1v) is 7.46. The number of halogens is 2. The molecule has 0 N–H and O–H groups in total. The van der Waals surface area contributed by atoms with Crippen LogP contribution in [0.3, 0.4) is 0 Å². The third-order valence-corrected chi connectivity index (χ3v) is 4.72. The van der Waals surface area contributed by atoms with Crippen molar-refractivity contribution in [2.75, 3.05) is 20.8 Å². The van der Waals surface area contributed by atoms with Crippen LogP contribution in [0.25, 0.3) is 0 Å². The van der Waals surface area contributed by atoms with Gasteiger partial charge in [0.1, 0.15) is 0 Å². The molecule has 1 saturated heterocycles. The number of hydrogen-bond acceptors (Lipinski definition) is 3. The van der Waals surface area contributed by atoms with E-state index in [4.69, 9.17) is 25.8 Å². The molecule has 106 valence electrons. The minimum absolute atomic E-state index is 0.0980. The van der Waals surface area contributed by atoms with Crippen molar-refractivity contribution in [1.82, 2.24) is 0 Å². The minimum Gasteiger partial charge on any atom is -0.493 e. The Balaban J connectivity index is 2.28. The topological polar surface area (TPSA) is 27.7 Å². The average molecular weight is 350 g/mol. The molecule has 3 atom stereocenters. The Bertz CT molecular complexity index is 453. The lowest BCUT2D eigenvalue weighted by molar-refractivity contribution is 0.119. The summed E-state index contributed by atoms with van der Waals surface area (Å²) in [6.07, 6.45) is 1.26. The Kier molecular flexibility index (Phi) is 4.98. The minimum atomic E-state index is -0.0980. The van der Waals surface area contributed by atoms with Crippen LogP contribution >= 0.6 is 27.5 Å². The molecule has 1 aliphatic heterocycles. The van der Waals surface area contributed by atoms with E-state index in [0.29, 0.717) is 24.0 Å². The van der Waals surface area contributed by atoms with Gasteiger partial charge < -0.3 is 14.2 Å². The normalized spacial score (nSPS) is 24.3. The summed E-state index contributed by atoms with van der Waals surface area (Å²) in [5.74, 6) is 1.71. The summed E-state index contributed by atoms with van der Waals surface area (Å²) >= 11 is 10.2. The molecule has 19 heavy (non-hydrogen) atoms. The number of hydrogen-bond donors (Lipinski definition) is 0. The fraction of sp³-hybridized carbons (Fsp3) is 0.571. The van der Waals surface area contributed by atoms with E-state index in [2.05, 4.69) is 22.9 Å². The van der Waals surface area contributed by atoms with Crippen LogP contribution in [-0.4, -0.2) is 26.9 Å². The highest BCUT2D eigenvalue weighted by atomic mass is 79.9. The third kappa shape index (κ3) is 3.18. The van der Waals surface area contributed by atoms with Gasteiger partial charge in [0, 0.05) is 10.4 Å². The fourth-order valence-corrected chi connectivity index (χ4v) is 3.45. The SMILES string of the molecule is COc1cc(Br)c(C(Cl)C2COC(C)C2)cc1OC. The van der Waals surface area contributed by atoms with E-state index in [-0.39, 0.29) is 11.5 Å². The van der Waals surface area contributed by atoms with Crippen molar-refractivity contribution in [2.24, 2.45) is 5.92 Å². The first kappa shape index (κ1) is 14.9. The lowest BCUT2D eigenvalue weighted by Crippen LogP contribution is -2.09. The first-order chi connectivity index (χ1) is 9.06. The van der Waals surface area contributed by atoms with Gasteiger partial charge in [-0.05, 0) is 31.0 Å². The largest absolute Gasteiger partial charge is 0.493 e. The van der Waals surface area contributed by atoms with Crippen molar-refractivity contribution in [3.05, 3.63) is 22.2 Å². The van der Waals surface area contributed by atoms with E-state index in [1.54, 1.807) is 14.2 Å². The van der Waals surface area contributed by atoms with Crippen molar-refractivity contribution in [2.45, 2.75) is 24.8 Å². The molecule has 0 bridgehead atoms. The number of ether oxygens (including phenoxy) is 3. The van der Waals surface area contributed by atoms with Crippen LogP contribution in [0.15, 0.2) is 16.6 Å². The second kappa shape index (κ2) is 6.33. The standard InChI is InChI=1S/C14H18BrClO3/c1-8-4-9(7-19-8)14(16)10-5-12(17-2)13(18-3)6-11(10)15/h5-6,8-9,14H,4,7H2,1-3H3. The van der Waals surface area contributed by atoms with Gasteiger partial charge in [-0.25, -0.2) is 0 Å². The van der Waals surface area contributed by atoms with Crippen molar-refractivity contribution in [3.63, 3.8) is 0 Å². The number of rotatable bonds is 4. The van der Waals surface area contributed by atoms with E-state index in [0.717, 1.165) is 16.5 Å². The molecule has 0 aliphatic carbocycles. The molecular weight excluding hydrogens is 332 g/mol. The lowest BCUT2D eigenvalue weighted by Gasteiger charge is -2.19. The summed E-state index contributed by atoms with van der Waals surface area (Å²) in [4.78, 5) is 0. The maximum absolute atomic E-state index is 6.60. The molecule has 1 fully saturated rings. The van der Waals surface area contributed by atoms with Gasteiger partial charge in [-0.2, -0.15) is 0 Å². The molecule has 3 nitrogen and oxygen atoms in total. The highest BCUT2D eigenvalue weighted by molar-refractivity contribution is 9.10. The van der Waals surface area contributed by atoms with Gasteiger partial charge in [-0.15, -0.1) is 11.6 Å². The maximum atomic E-state index is 6.60. The van der Waals surface area contributed by atoms with Gasteiger partial charge in [-0.3, -0.25) is 0 Å². The Labute approximate surface area is 127 Å². The van der Waals surface area contributed by atoms with Crippen LogP contribution in [0.1, 0.15) is 24.3 Å². The van der Waals surface area contributed by atoms with Crippen molar-refractivity contribution < 1.29 is 14.2 Å². The Morgan fingerprint density at radius 1 is 1.32 bits per heavy atom. The predicted molar refractivity (Wildman–Crippen MR) is 79.4 cm³/mol. The maximum Gasteiger partial charge on any atom is 0.161 e. The molecule has 0 saturated carbocycles. The van der Waals surface area contributed by atoms with Crippen LogP contribution in [-0.2, 0) is 4.74 Å². The van der Waals surface area contributed by atoms with Crippen LogP contribution in [0.4, 0.5) is 0 Å². The van der Waals surface area contributed by atoms with Crippen LogP contribution in [0, 0.1) is 5.92 Å². The lowest BCUT2D eigenvalue weighted by atomic mass is 9.96. The van der Waals surface area contributed by atoms with Gasteiger partial charge in [0.25, 0.3) is 0 Å². The van der Waals surface area contributed by atoms with Crippen LogP contribution in [0.2, 0.25) is 0 Å². The quantitative estimate of drug-likeness (QED) is 0.764. The van der Waals surface area contributed by atoms with Crippen molar-refractivity contribution in [3.8, 4) is 11.5 Å². The molecule has 2 rings (SSSR count). The van der Waals surface area contributed by atoms with Gasteiger partial charge in [0.05, 0.1) is 32.3 Å². The molecule has 3 unspecified atom stereocenters. The van der Waals surface area contributed by atoms with E-state index in [1.807, 2.05) is 12.1 Å². The summed E-state index contributed by atoms with van der Waals surface area (Å²) in [7, 11) is 3.24. The van der Waals surface area contributed by atoms with Crippen LogP contribution in [0.5, 0.6) is 11.5 Å². The second-order valence-electron chi connectivity index (χ2n) is 4.77. The van der Waals surface area contributed by atoms with Gasteiger partial charge >= 0.3 is 0 Å². The van der Waals surface area contributed by atoms with E-state index < -0.39 is 0 Å². The molecule has 1 aliphatic rings. The zero-order chi connectivity index (χ0) is 14.0. The number of benzene rings is 1. The molecule has 0 aromatic heterocycles. The van der Waals surface area contributed by atoms with Crippen LogP contribution < -0.4 is 9.47 Å². The van der Waals surface area contributed by atoms with E-state index in [1.165, 1.54) is 0 Å². The Morgan fingerprint density at radius 3 is 2.47 bits per heavy atom. The van der Waals surface area contributed by atoms with Gasteiger partial charge in [-0.1, -0.05) is 15.9 Å². The number of methoxy groups -OCH3 is 2. The molecular formula is C14H18BrClO3. The summed E-state index contributed by atoms with van der Waals surface area (Å²) < 4.78 is 17.1.